The van der Waals surface area contributed by atoms with Crippen LogP contribution in [-0.2, 0) is 68.7 Å². The molecule has 10 atom stereocenters. The second-order valence-electron chi connectivity index (χ2n) is 18.6. The quantitative estimate of drug-likeness (QED) is 0.0305. The number of nitrogens with two attached hydrogens (primary N) is 3. The van der Waals surface area contributed by atoms with E-state index in [2.05, 4.69) is 42.5 Å². The Hall–Kier alpha value is -7.99. The van der Waals surface area contributed by atoms with Gasteiger partial charge in [0.25, 0.3) is 0 Å². The minimum absolute atomic E-state index is 0.000984. The summed E-state index contributed by atoms with van der Waals surface area (Å²) in [5.41, 5.74) is 17.4. The third-order valence-electron chi connectivity index (χ3n) is 10.8. The molecule has 0 bridgehead atoms. The standard InChI is InChI=1S/C46H72N12O18/c1-20(2)13-28(57-45(74)37(23(6)60)58-43(72)29(14-21(3)4)54-38(67)26(47)15-24-7-9-25(61)10-8-24)41(70)56-31(17-34(49)63)42(71)55-30(16-33(48)62)39(68)50-18-35(64)52-32(19-59)44(73)53-27(11-12-36(65)66)40(69)51-22(5)46(75)76/h7-10,20-23,26-32,37,59-61H,11-19,47H2,1-6H3,(H2,48,62)(H2,49,63)(H,50,68)(H,51,69)(H,52,64)(H,53,73)(H,54,67)(H,55,71)(H,56,70)(H,57,74)(H,58,72)(H,65,66)(H,75,76)/t22-,23+,26-,27-,28-,29-,30-,31-,32-,37-/m0/s1. The molecule has 0 aliphatic rings. The second kappa shape index (κ2) is 32.3. The zero-order valence-corrected chi connectivity index (χ0v) is 42.9. The molecule has 0 radical (unpaired) electrons. The summed E-state index contributed by atoms with van der Waals surface area (Å²) in [4.78, 5) is 166. The number of nitrogens with one attached hydrogen (secondary N) is 9. The van der Waals surface area contributed by atoms with Gasteiger partial charge in [0.05, 0.1) is 38.1 Å². The number of aliphatic hydroxyl groups is 2. The topological polar surface area (TPSA) is 509 Å². The summed E-state index contributed by atoms with van der Waals surface area (Å²) in [6.45, 7) is 6.95. The van der Waals surface area contributed by atoms with Crippen LogP contribution in [0.4, 0.5) is 0 Å². The average molecular weight is 1080 g/mol. The van der Waals surface area contributed by atoms with Gasteiger partial charge in [-0.1, -0.05) is 39.8 Å². The molecule has 0 fully saturated rings. The van der Waals surface area contributed by atoms with Gasteiger partial charge in [-0.15, -0.1) is 0 Å². The van der Waals surface area contributed by atoms with E-state index in [0.29, 0.717) is 5.56 Å². The van der Waals surface area contributed by atoms with E-state index in [1.165, 1.54) is 12.1 Å². The van der Waals surface area contributed by atoms with Gasteiger partial charge in [0.1, 0.15) is 54.1 Å². The molecule has 1 aromatic carbocycles. The fraction of sp³-hybridized carbons (Fsp3) is 0.587. The van der Waals surface area contributed by atoms with Crippen LogP contribution >= 0.6 is 0 Å². The fourth-order valence-electron chi connectivity index (χ4n) is 6.86. The van der Waals surface area contributed by atoms with E-state index < -0.39 is 176 Å². The maximum atomic E-state index is 13.9. The lowest BCUT2D eigenvalue weighted by Gasteiger charge is -2.29. The first-order valence-electron chi connectivity index (χ1n) is 23.9. The van der Waals surface area contributed by atoms with Crippen molar-refractivity contribution in [3.8, 4) is 5.75 Å². The number of aliphatic carboxylic acids is 2. The summed E-state index contributed by atoms with van der Waals surface area (Å²) in [7, 11) is 0. The molecule has 0 aliphatic heterocycles. The van der Waals surface area contributed by atoms with Crippen molar-refractivity contribution in [1.29, 1.82) is 0 Å². The molecule has 11 amide bonds. The molecule has 0 spiro atoms. The SMILES string of the molecule is CC(C)C[C@H](NC(=O)[C@@H](NC(=O)[C@H](CC(C)C)NC(=O)[C@@H](N)Cc1ccc(O)cc1)[C@@H](C)O)C(=O)N[C@@H](CC(N)=O)C(=O)N[C@@H](CC(N)=O)C(=O)NCC(=O)N[C@@H](CO)C(=O)N[C@@H](CCC(=O)O)C(=O)N[C@@H](C)C(=O)O. The Bertz CT molecular complexity index is 2250. The smallest absolute Gasteiger partial charge is 0.325 e. The minimum atomic E-state index is -1.91. The molecular formula is C46H72N12O18. The largest absolute Gasteiger partial charge is 0.508 e. The normalized spacial score (nSPS) is 15.0. The molecule has 424 valence electrons. The zero-order chi connectivity index (χ0) is 58.1. The number of carbonyl (C=O) groups is 13. The van der Waals surface area contributed by atoms with Crippen molar-refractivity contribution in [2.75, 3.05) is 13.2 Å². The highest BCUT2D eigenvalue weighted by Crippen LogP contribution is 2.13. The van der Waals surface area contributed by atoms with Crippen molar-refractivity contribution in [3.05, 3.63) is 29.8 Å². The number of carboxylic acids is 2. The van der Waals surface area contributed by atoms with Crippen LogP contribution < -0.4 is 65.1 Å². The number of carboxylic acid groups (broad SMARTS) is 2. The van der Waals surface area contributed by atoms with Gasteiger partial charge >= 0.3 is 11.9 Å². The van der Waals surface area contributed by atoms with Gasteiger partial charge in [-0.05, 0) is 69.1 Å². The van der Waals surface area contributed by atoms with Crippen LogP contribution in [0.5, 0.6) is 5.75 Å². The van der Waals surface area contributed by atoms with Crippen molar-refractivity contribution in [2.24, 2.45) is 29.0 Å². The van der Waals surface area contributed by atoms with E-state index in [-0.39, 0.29) is 36.8 Å². The lowest BCUT2D eigenvalue weighted by atomic mass is 10.00. The molecular weight excluding hydrogens is 1010 g/mol. The third kappa shape index (κ3) is 24.8. The van der Waals surface area contributed by atoms with Crippen molar-refractivity contribution in [3.63, 3.8) is 0 Å². The van der Waals surface area contributed by atoms with Crippen LogP contribution in [-0.4, -0.2) is 176 Å². The number of phenolic OH excluding ortho intramolecular Hbond substituents is 1. The van der Waals surface area contributed by atoms with Crippen molar-refractivity contribution in [1.82, 2.24) is 47.9 Å². The highest BCUT2D eigenvalue weighted by molar-refractivity contribution is 6.00. The third-order valence-corrected chi connectivity index (χ3v) is 10.8. The maximum Gasteiger partial charge on any atom is 0.325 e. The van der Waals surface area contributed by atoms with Gasteiger partial charge in [0, 0.05) is 6.42 Å². The molecule has 30 nitrogen and oxygen atoms in total. The number of hydrogen-bond donors (Lipinski definition) is 17. The van der Waals surface area contributed by atoms with Gasteiger partial charge in [0.15, 0.2) is 0 Å². The van der Waals surface area contributed by atoms with E-state index >= 15 is 0 Å². The Balaban J connectivity index is 3.22. The Morgan fingerprint density at radius 2 is 0.974 bits per heavy atom. The molecule has 0 aromatic heterocycles. The van der Waals surface area contributed by atoms with E-state index in [1.807, 2.05) is 5.32 Å². The van der Waals surface area contributed by atoms with E-state index in [1.54, 1.807) is 39.8 Å². The minimum Gasteiger partial charge on any atom is -0.508 e. The number of hydrogen-bond acceptors (Lipinski definition) is 17. The number of amides is 11. The Labute approximate surface area is 436 Å². The second-order valence-corrected chi connectivity index (χ2v) is 18.6. The van der Waals surface area contributed by atoms with E-state index in [9.17, 15) is 77.6 Å². The summed E-state index contributed by atoms with van der Waals surface area (Å²) < 4.78 is 0. The highest BCUT2D eigenvalue weighted by atomic mass is 16.4. The molecule has 0 heterocycles. The first-order chi connectivity index (χ1) is 35.3. The van der Waals surface area contributed by atoms with Crippen LogP contribution in [0.3, 0.4) is 0 Å². The Kier molecular flexibility index (Phi) is 28.1. The summed E-state index contributed by atoms with van der Waals surface area (Å²) in [5, 5.41) is 68.2. The first-order valence-corrected chi connectivity index (χ1v) is 23.9. The van der Waals surface area contributed by atoms with Crippen LogP contribution in [0.2, 0.25) is 0 Å². The molecule has 0 saturated carbocycles. The lowest BCUT2D eigenvalue weighted by molar-refractivity contribution is -0.142. The van der Waals surface area contributed by atoms with Crippen molar-refractivity contribution < 1.29 is 87.9 Å². The number of benzene rings is 1. The van der Waals surface area contributed by atoms with Gasteiger partial charge < -0.3 is 90.6 Å². The molecule has 1 rings (SSSR count). The summed E-state index contributed by atoms with van der Waals surface area (Å²) in [6, 6.07) is -8.50. The van der Waals surface area contributed by atoms with Gasteiger partial charge in [-0.2, -0.15) is 0 Å². The molecule has 0 unspecified atom stereocenters. The number of aromatic hydroxyl groups is 1. The van der Waals surface area contributed by atoms with Crippen LogP contribution in [0.1, 0.15) is 85.6 Å². The fourth-order valence-corrected chi connectivity index (χ4v) is 6.86. The lowest BCUT2D eigenvalue weighted by Crippen LogP contribution is -2.62. The predicted molar refractivity (Wildman–Crippen MR) is 264 cm³/mol. The Morgan fingerprint density at radius 3 is 1.43 bits per heavy atom. The molecule has 0 saturated heterocycles. The molecule has 1 aromatic rings. The van der Waals surface area contributed by atoms with Crippen molar-refractivity contribution in [2.45, 2.75) is 147 Å². The summed E-state index contributed by atoms with van der Waals surface area (Å²) >= 11 is 0. The molecule has 0 aliphatic carbocycles. The maximum absolute atomic E-state index is 13.9. The van der Waals surface area contributed by atoms with E-state index in [4.69, 9.17) is 27.4 Å². The number of phenols is 1. The van der Waals surface area contributed by atoms with Gasteiger partial charge in [-0.25, -0.2) is 0 Å². The van der Waals surface area contributed by atoms with Crippen LogP contribution in [0.15, 0.2) is 24.3 Å². The number of rotatable bonds is 34. The van der Waals surface area contributed by atoms with E-state index in [0.717, 1.165) is 13.8 Å². The van der Waals surface area contributed by atoms with Crippen LogP contribution in [0, 0.1) is 11.8 Å². The number of primary amides is 2. The highest BCUT2D eigenvalue weighted by Gasteiger charge is 2.36. The number of aliphatic hydroxyl groups excluding tert-OH is 2. The summed E-state index contributed by atoms with van der Waals surface area (Å²) in [5.74, 6) is -15.6. The Morgan fingerprint density at radius 1 is 0.539 bits per heavy atom. The van der Waals surface area contributed by atoms with Crippen LogP contribution in [0.25, 0.3) is 0 Å². The van der Waals surface area contributed by atoms with Gasteiger partial charge in [0.2, 0.25) is 65.0 Å². The van der Waals surface area contributed by atoms with Crippen molar-refractivity contribution >= 4 is 76.9 Å². The monoisotopic (exact) mass is 1080 g/mol. The molecule has 76 heavy (non-hydrogen) atoms. The predicted octanol–water partition coefficient (Wildman–Crippen LogP) is -6.56. The average Bonchev–Trinajstić information content (AvgIpc) is 3.31. The molecule has 30 heteroatoms. The van der Waals surface area contributed by atoms with Gasteiger partial charge in [-0.3, -0.25) is 62.3 Å². The number of carbonyl (C=O) groups excluding carboxylic acids is 11. The zero-order valence-electron chi connectivity index (χ0n) is 42.9. The first kappa shape index (κ1) is 66.0. The summed E-state index contributed by atoms with van der Waals surface area (Å²) in [6.07, 6.45) is -4.72. The molecule has 20 N–H and O–H groups in total.